The van der Waals surface area contributed by atoms with Crippen LogP contribution in [0.15, 0.2) is 35.8 Å². The number of esters is 1. The summed E-state index contributed by atoms with van der Waals surface area (Å²) in [6.45, 7) is 19.6. The van der Waals surface area contributed by atoms with Crippen molar-refractivity contribution in [2.24, 2.45) is 0 Å². The predicted octanol–water partition coefficient (Wildman–Crippen LogP) is 8.06. The molecule has 0 N–H and O–H groups in total. The van der Waals surface area contributed by atoms with E-state index in [1.54, 1.807) is 17.8 Å². The van der Waals surface area contributed by atoms with E-state index in [2.05, 4.69) is 78.9 Å². The maximum absolute atomic E-state index is 13.2. The normalized spacial score (nSPS) is 16.1. The third-order valence-electron chi connectivity index (χ3n) is 10.2. The van der Waals surface area contributed by atoms with Crippen LogP contribution in [0.4, 0.5) is 0 Å². The average molecular weight is 846 g/mol. The molecule has 10 nitrogen and oxygen atoms in total. The van der Waals surface area contributed by atoms with Crippen LogP contribution in [0.1, 0.15) is 85.6 Å². The first kappa shape index (κ1) is 46.0. The van der Waals surface area contributed by atoms with Crippen LogP contribution in [-0.4, -0.2) is 106 Å². The van der Waals surface area contributed by atoms with Gasteiger partial charge in [0.1, 0.15) is 0 Å². The van der Waals surface area contributed by atoms with E-state index in [9.17, 15) is 4.79 Å². The number of cyclic esters (lactones) is 1. The summed E-state index contributed by atoms with van der Waals surface area (Å²) in [5.74, 6) is -0.510. The standard InChI is InChI=1S/C27H43O10Si.3C4H9.Sn/c1-27(2,3)38(6,7)36-18-22(33-17-21-11-9-8-10-12-21)23-24(34-19-31-15-13-29-4)25(26(28)37-23)35-20-32-16-14-30-5;3*1-3-4-2;/h9-12,22-23H,13-20H2,1-7H3;3*1,3-4H2,2H3;/t22-,23+;;;;/m0..../s1. The molecule has 0 spiro atoms. The molecule has 1 aromatic rings. The van der Waals surface area contributed by atoms with Crippen LogP contribution in [-0.2, 0) is 53.7 Å². The molecule has 0 unspecified atom stereocenters. The molecule has 0 bridgehead atoms. The van der Waals surface area contributed by atoms with E-state index >= 15 is 0 Å². The van der Waals surface area contributed by atoms with E-state index in [1.165, 1.54) is 51.8 Å². The van der Waals surface area contributed by atoms with E-state index in [4.69, 9.17) is 42.3 Å². The molecule has 2 rings (SSSR count). The Kier molecular flexibility index (Phi) is 21.9. The van der Waals surface area contributed by atoms with Crippen LogP contribution in [0.25, 0.3) is 0 Å². The molecule has 1 aliphatic rings. The summed E-state index contributed by atoms with van der Waals surface area (Å²) in [5, 5.41) is -0.0242. The van der Waals surface area contributed by atoms with Gasteiger partial charge in [0.25, 0.3) is 0 Å². The Hall–Kier alpha value is -1.19. The number of hydrogen-bond acceptors (Lipinski definition) is 10. The van der Waals surface area contributed by atoms with Crippen molar-refractivity contribution in [3.63, 3.8) is 0 Å². The summed E-state index contributed by atoms with van der Waals surface area (Å²) >= 11 is -2.56. The number of unbranched alkanes of at least 4 members (excludes halogenated alkanes) is 3. The van der Waals surface area contributed by atoms with Gasteiger partial charge in [-0.2, -0.15) is 0 Å². The van der Waals surface area contributed by atoms with Gasteiger partial charge >= 0.3 is 261 Å². The van der Waals surface area contributed by atoms with Crippen LogP contribution >= 0.6 is 0 Å². The number of methoxy groups -OCH3 is 2. The summed E-state index contributed by atoms with van der Waals surface area (Å²) in [4.78, 5) is 13.2. The zero-order valence-electron chi connectivity index (χ0n) is 33.6. The van der Waals surface area contributed by atoms with Crippen LogP contribution in [0.2, 0.25) is 31.4 Å². The number of carbonyl (C=O) groups excluding carboxylic acids is 1. The maximum atomic E-state index is 13.2. The summed E-state index contributed by atoms with van der Waals surface area (Å²) in [6, 6.07) is 9.27. The number of rotatable bonds is 29. The fourth-order valence-electron chi connectivity index (χ4n) is 5.82. The van der Waals surface area contributed by atoms with E-state index < -0.39 is 44.9 Å². The van der Waals surface area contributed by atoms with E-state index in [-0.39, 0.29) is 36.7 Å². The summed E-state index contributed by atoms with van der Waals surface area (Å²) in [5.41, 5.74) is 1.07. The Balaban J connectivity index is 2.39. The Bertz CT molecular complexity index is 1120. The topological polar surface area (TPSA) is 100 Å². The van der Waals surface area contributed by atoms with Crippen LogP contribution in [0.3, 0.4) is 0 Å². The van der Waals surface area contributed by atoms with Gasteiger partial charge < -0.3 is 14.2 Å². The molecule has 1 heterocycles. The second-order valence-electron chi connectivity index (χ2n) is 15.1. The predicted molar refractivity (Wildman–Crippen MR) is 207 cm³/mol. The van der Waals surface area contributed by atoms with Crippen LogP contribution in [0.5, 0.6) is 0 Å². The number of carbonyl (C=O) groups is 1. The second kappa shape index (κ2) is 24.3. The van der Waals surface area contributed by atoms with E-state index in [0.717, 1.165) is 5.56 Å². The minimum absolute atomic E-state index is 0.0242. The Morgan fingerprint density at radius 1 is 0.804 bits per heavy atom. The molecule has 294 valence electrons. The van der Waals surface area contributed by atoms with Crippen molar-refractivity contribution in [3.8, 4) is 0 Å². The summed E-state index contributed by atoms with van der Waals surface area (Å²) in [7, 11) is 1.000. The monoisotopic (exact) mass is 846 g/mol. The van der Waals surface area contributed by atoms with Crippen molar-refractivity contribution >= 4 is 36.2 Å². The van der Waals surface area contributed by atoms with Gasteiger partial charge in [-0.1, -0.05) is 0 Å². The third kappa shape index (κ3) is 15.2. The van der Waals surface area contributed by atoms with Crippen molar-refractivity contribution < 1.29 is 47.1 Å². The van der Waals surface area contributed by atoms with Gasteiger partial charge in [-0.3, -0.25) is 0 Å². The fourth-order valence-corrected chi connectivity index (χ4v) is 22.8. The molecule has 0 fully saturated rings. The van der Waals surface area contributed by atoms with Crippen molar-refractivity contribution in [2.45, 2.75) is 130 Å². The molecule has 0 saturated heterocycles. The minimum atomic E-state index is -2.56. The Morgan fingerprint density at radius 2 is 1.33 bits per heavy atom. The van der Waals surface area contributed by atoms with Crippen LogP contribution in [0, 0.1) is 0 Å². The quantitative estimate of drug-likeness (QED) is 0.0341. The Morgan fingerprint density at radius 3 is 1.82 bits per heavy atom. The SMILES string of the molecule is CCC[CH2][Sn]([CH2]CCC)([CH2]CCC)[c]1ccc(CO[C@@H](CO[Si](C)(C)C(C)(C)C)[C@H]2OC(=O)C(OCOCCOC)=C2OCOCCOC)cc1. The van der Waals surface area contributed by atoms with Crippen molar-refractivity contribution in [1.29, 1.82) is 0 Å². The van der Waals surface area contributed by atoms with Gasteiger partial charge in [-0.15, -0.1) is 0 Å². The third-order valence-corrected chi connectivity index (χ3v) is 30.3. The molecule has 2 atom stereocenters. The summed E-state index contributed by atoms with van der Waals surface area (Å²) in [6.07, 6.45) is 6.16. The molecule has 0 aliphatic carbocycles. The number of hydrogen-bond donors (Lipinski definition) is 0. The molecule has 1 aromatic carbocycles. The van der Waals surface area contributed by atoms with Crippen LogP contribution < -0.4 is 3.58 Å². The Labute approximate surface area is 314 Å². The van der Waals surface area contributed by atoms with E-state index in [0.29, 0.717) is 33.0 Å². The van der Waals surface area contributed by atoms with Gasteiger partial charge in [0.15, 0.2) is 0 Å². The zero-order valence-corrected chi connectivity index (χ0v) is 37.4. The van der Waals surface area contributed by atoms with Gasteiger partial charge in [-0.25, -0.2) is 0 Å². The van der Waals surface area contributed by atoms with Gasteiger partial charge in [0.2, 0.25) is 0 Å². The van der Waals surface area contributed by atoms with Crippen molar-refractivity contribution in [3.05, 3.63) is 41.3 Å². The van der Waals surface area contributed by atoms with Gasteiger partial charge in [-0.05, 0) is 0 Å². The number of benzene rings is 1. The average Bonchev–Trinajstić information content (AvgIpc) is 3.41. The molecule has 12 heteroatoms. The molecule has 0 radical (unpaired) electrons. The van der Waals surface area contributed by atoms with E-state index in [1.807, 2.05) is 0 Å². The van der Waals surface area contributed by atoms with Gasteiger partial charge in [0.05, 0.1) is 26.4 Å². The van der Waals surface area contributed by atoms with Crippen molar-refractivity contribution in [2.75, 3.05) is 60.8 Å². The van der Waals surface area contributed by atoms with Crippen molar-refractivity contribution in [1.82, 2.24) is 0 Å². The second-order valence-corrected chi connectivity index (χ2v) is 33.1. The first-order valence-corrected chi connectivity index (χ1v) is 29.5. The van der Waals surface area contributed by atoms with Gasteiger partial charge in [0, 0.05) is 14.2 Å². The molecule has 51 heavy (non-hydrogen) atoms. The summed E-state index contributed by atoms with van der Waals surface area (Å²) < 4.78 is 58.1. The first-order valence-electron chi connectivity index (χ1n) is 19.1. The molecular weight excluding hydrogens is 775 g/mol. The zero-order chi connectivity index (χ0) is 37.8. The molecule has 1 aliphatic heterocycles. The molecular formula is C39H70O10SiSn. The number of ether oxygens (including phenoxy) is 8. The molecule has 0 saturated carbocycles. The molecule has 0 amide bonds. The molecule has 0 aromatic heterocycles. The fraction of sp³-hybridized carbons (Fsp3) is 0.769. The first-order chi connectivity index (χ1) is 24.4.